The molecule has 82 valence electrons. The molecule has 1 aliphatic rings. The van der Waals surface area contributed by atoms with Gasteiger partial charge in [-0.05, 0) is 23.3 Å². The maximum atomic E-state index is 9.67. The smallest absolute Gasteiger partial charge is 0.150 e. The van der Waals surface area contributed by atoms with Gasteiger partial charge >= 0.3 is 0 Å². The monoisotopic (exact) mass is 269 g/mol. The SMILES string of the molecule is N#Cc1csc2cc(Cl)ccc12.[O-][S+]1CC1. The summed E-state index contributed by atoms with van der Waals surface area (Å²) in [5.41, 5.74) is 0.728. The third-order valence-corrected chi connectivity index (χ3v) is 3.95. The molecule has 1 saturated heterocycles. The van der Waals surface area contributed by atoms with Gasteiger partial charge in [-0.3, -0.25) is 0 Å². The average molecular weight is 270 g/mol. The Morgan fingerprint density at radius 1 is 1.44 bits per heavy atom. The Morgan fingerprint density at radius 3 is 2.69 bits per heavy atom. The van der Waals surface area contributed by atoms with Gasteiger partial charge in [-0.2, -0.15) is 5.26 Å². The summed E-state index contributed by atoms with van der Waals surface area (Å²) in [6.45, 7) is 0. The largest absolute Gasteiger partial charge is 0.616 e. The molecule has 1 fully saturated rings. The number of benzene rings is 1. The summed E-state index contributed by atoms with van der Waals surface area (Å²) in [4.78, 5) is 0. The molecule has 2 nitrogen and oxygen atoms in total. The molecule has 0 unspecified atom stereocenters. The predicted molar refractivity (Wildman–Crippen MR) is 69.4 cm³/mol. The molecule has 1 aromatic carbocycles. The highest BCUT2D eigenvalue weighted by molar-refractivity contribution is 7.98. The minimum Gasteiger partial charge on any atom is -0.616 e. The highest BCUT2D eigenvalue weighted by Gasteiger charge is 2.21. The maximum absolute atomic E-state index is 9.67. The van der Waals surface area contributed by atoms with Crippen molar-refractivity contribution in [3.05, 3.63) is 34.2 Å². The molecule has 0 radical (unpaired) electrons. The van der Waals surface area contributed by atoms with Crippen molar-refractivity contribution in [3.8, 4) is 6.07 Å². The lowest BCUT2D eigenvalue weighted by atomic mass is 10.2. The van der Waals surface area contributed by atoms with E-state index < -0.39 is 0 Å². The van der Waals surface area contributed by atoms with Crippen molar-refractivity contribution in [2.75, 3.05) is 11.5 Å². The number of thiophene rings is 1. The van der Waals surface area contributed by atoms with E-state index in [9.17, 15) is 4.55 Å². The quantitative estimate of drug-likeness (QED) is 0.545. The van der Waals surface area contributed by atoms with Crippen LogP contribution in [0, 0.1) is 11.3 Å². The Bertz CT molecular complexity index is 542. The molecular weight excluding hydrogens is 262 g/mol. The second-order valence-electron chi connectivity index (χ2n) is 3.25. The van der Waals surface area contributed by atoms with Crippen molar-refractivity contribution in [2.45, 2.75) is 0 Å². The average Bonchev–Trinajstić information content (AvgIpc) is 2.95. The van der Waals surface area contributed by atoms with E-state index in [0.29, 0.717) is 5.02 Å². The lowest BCUT2D eigenvalue weighted by Gasteiger charge is -1.89. The summed E-state index contributed by atoms with van der Waals surface area (Å²) < 4.78 is 10.7. The van der Waals surface area contributed by atoms with Crippen molar-refractivity contribution in [2.24, 2.45) is 0 Å². The molecule has 0 atom stereocenters. The first-order chi connectivity index (χ1) is 7.70. The molecule has 2 aromatic rings. The van der Waals surface area contributed by atoms with Gasteiger partial charge in [0.1, 0.15) is 17.6 Å². The minimum absolute atomic E-state index is 0.361. The van der Waals surface area contributed by atoms with Gasteiger partial charge in [0.15, 0.2) is 0 Å². The van der Waals surface area contributed by atoms with Gasteiger partial charge in [0.05, 0.1) is 5.56 Å². The number of hydrogen-bond donors (Lipinski definition) is 0. The van der Waals surface area contributed by atoms with Crippen LogP contribution in [0.5, 0.6) is 0 Å². The first-order valence-corrected chi connectivity index (χ1v) is 7.37. The zero-order chi connectivity index (χ0) is 11.5. The highest BCUT2D eigenvalue weighted by Crippen LogP contribution is 2.27. The summed E-state index contributed by atoms with van der Waals surface area (Å²) in [7, 11) is 0. The first kappa shape index (κ1) is 11.7. The Balaban J connectivity index is 0.000000203. The van der Waals surface area contributed by atoms with E-state index in [-0.39, 0.29) is 11.2 Å². The third-order valence-electron chi connectivity index (χ3n) is 2.03. The van der Waals surface area contributed by atoms with E-state index in [1.807, 2.05) is 17.5 Å². The van der Waals surface area contributed by atoms with E-state index in [1.165, 1.54) is 0 Å². The zero-order valence-electron chi connectivity index (χ0n) is 8.27. The van der Waals surface area contributed by atoms with E-state index in [2.05, 4.69) is 6.07 Å². The topological polar surface area (TPSA) is 46.8 Å². The third kappa shape index (κ3) is 2.89. The number of nitriles is 1. The summed E-state index contributed by atoms with van der Waals surface area (Å²) in [5, 5.41) is 12.3. The second-order valence-corrected chi connectivity index (χ2v) is 6.29. The Morgan fingerprint density at radius 2 is 2.12 bits per heavy atom. The van der Waals surface area contributed by atoms with Crippen molar-refractivity contribution in [3.63, 3.8) is 0 Å². The highest BCUT2D eigenvalue weighted by atomic mass is 35.5. The van der Waals surface area contributed by atoms with E-state index in [4.69, 9.17) is 16.9 Å². The fraction of sp³-hybridized carbons (Fsp3) is 0.182. The number of fused-ring (bicyclic) bond motifs is 1. The van der Waals surface area contributed by atoms with E-state index >= 15 is 0 Å². The summed E-state index contributed by atoms with van der Waals surface area (Å²) in [6, 6.07) is 7.70. The maximum Gasteiger partial charge on any atom is 0.150 e. The lowest BCUT2D eigenvalue weighted by Crippen LogP contribution is -1.68. The number of hydrogen-bond acceptors (Lipinski definition) is 3. The molecule has 16 heavy (non-hydrogen) atoms. The standard InChI is InChI=1S/C9H4ClNS.C2H4OS/c10-7-1-2-8-6(4-11)5-12-9(8)3-7;3-4-1-2-4/h1-3,5H;1-2H2. The van der Waals surface area contributed by atoms with Crippen LogP contribution in [-0.2, 0) is 11.2 Å². The fourth-order valence-electron chi connectivity index (χ4n) is 1.12. The molecule has 0 saturated carbocycles. The predicted octanol–water partition coefficient (Wildman–Crippen LogP) is 3.18. The van der Waals surface area contributed by atoms with Crippen LogP contribution >= 0.6 is 22.9 Å². The molecule has 0 amide bonds. The summed E-state index contributed by atoms with van der Waals surface area (Å²) >= 11 is 6.98. The van der Waals surface area contributed by atoms with Crippen molar-refractivity contribution < 1.29 is 4.55 Å². The normalized spacial score (nSPS) is 14.1. The fourth-order valence-corrected chi connectivity index (χ4v) is 2.56. The van der Waals surface area contributed by atoms with Crippen LogP contribution < -0.4 is 0 Å². The molecule has 3 rings (SSSR count). The number of rotatable bonds is 0. The molecule has 0 bridgehead atoms. The van der Waals surface area contributed by atoms with Gasteiger partial charge in [0.25, 0.3) is 0 Å². The molecule has 2 heterocycles. The van der Waals surface area contributed by atoms with Crippen molar-refractivity contribution in [1.29, 1.82) is 5.26 Å². The molecule has 0 N–H and O–H groups in total. The van der Waals surface area contributed by atoms with Gasteiger partial charge in [-0.15, -0.1) is 11.3 Å². The van der Waals surface area contributed by atoms with Gasteiger partial charge in [0.2, 0.25) is 0 Å². The lowest BCUT2D eigenvalue weighted by molar-refractivity contribution is 0.614. The molecular formula is C11H8ClNOS2. The van der Waals surface area contributed by atoms with E-state index in [0.717, 1.165) is 27.2 Å². The molecule has 1 aliphatic heterocycles. The van der Waals surface area contributed by atoms with Crippen LogP contribution in [0.15, 0.2) is 23.6 Å². The van der Waals surface area contributed by atoms with Crippen LogP contribution in [0.25, 0.3) is 10.1 Å². The Labute approximate surface area is 106 Å². The number of nitrogens with zero attached hydrogens (tertiary/aromatic N) is 1. The first-order valence-electron chi connectivity index (χ1n) is 4.62. The minimum atomic E-state index is -0.361. The zero-order valence-corrected chi connectivity index (χ0v) is 10.7. The van der Waals surface area contributed by atoms with Crippen LogP contribution in [0.1, 0.15) is 5.56 Å². The van der Waals surface area contributed by atoms with Crippen molar-refractivity contribution >= 4 is 44.2 Å². The Hall–Kier alpha value is -0.730. The van der Waals surface area contributed by atoms with Crippen LogP contribution in [0.4, 0.5) is 0 Å². The summed E-state index contributed by atoms with van der Waals surface area (Å²) in [6.07, 6.45) is 0. The van der Waals surface area contributed by atoms with Crippen LogP contribution in [-0.4, -0.2) is 16.1 Å². The van der Waals surface area contributed by atoms with Gasteiger partial charge in [-0.25, -0.2) is 0 Å². The number of halogens is 1. The van der Waals surface area contributed by atoms with Crippen LogP contribution in [0.3, 0.4) is 0 Å². The molecule has 0 spiro atoms. The van der Waals surface area contributed by atoms with Gasteiger partial charge in [0, 0.05) is 20.5 Å². The van der Waals surface area contributed by atoms with Gasteiger partial charge < -0.3 is 4.55 Å². The molecule has 0 aliphatic carbocycles. The van der Waals surface area contributed by atoms with Gasteiger partial charge in [-0.1, -0.05) is 17.7 Å². The van der Waals surface area contributed by atoms with Crippen LogP contribution in [0.2, 0.25) is 5.02 Å². The molecule has 5 heteroatoms. The summed E-state index contributed by atoms with van der Waals surface area (Å²) in [5.74, 6) is 1.92. The molecule has 1 aromatic heterocycles. The van der Waals surface area contributed by atoms with Crippen molar-refractivity contribution in [1.82, 2.24) is 0 Å². The Kier molecular flexibility index (Phi) is 3.72. The van der Waals surface area contributed by atoms with E-state index in [1.54, 1.807) is 17.4 Å². The second kappa shape index (κ2) is 5.07.